The molecular formula is C19H29N3OS. The van der Waals surface area contributed by atoms with Gasteiger partial charge in [-0.05, 0) is 55.9 Å². The van der Waals surface area contributed by atoms with Crippen molar-refractivity contribution in [2.45, 2.75) is 32.7 Å². The zero-order valence-corrected chi connectivity index (χ0v) is 15.9. The highest BCUT2D eigenvalue weighted by atomic mass is 32.2. The van der Waals surface area contributed by atoms with Crippen LogP contribution in [0, 0.1) is 13.8 Å². The van der Waals surface area contributed by atoms with Crippen LogP contribution in [0.25, 0.3) is 0 Å². The standard InChI is InChI=1S/C19H29N3OS/c1-15-5-6-18(13-16(15)2)20-19-22(17(3)14-24-19)8-4-7-21-9-11-23-12-10-21/h5-6,13-14,19-20H,4,7-12H2,1-3H3. The smallest absolute Gasteiger partial charge is 0.152 e. The molecule has 132 valence electrons. The molecule has 1 N–H and O–H groups in total. The summed E-state index contributed by atoms with van der Waals surface area (Å²) in [4.78, 5) is 5.00. The van der Waals surface area contributed by atoms with Crippen LogP contribution in [-0.2, 0) is 4.74 Å². The minimum Gasteiger partial charge on any atom is -0.379 e. The van der Waals surface area contributed by atoms with E-state index in [2.05, 4.69) is 59.5 Å². The number of morpholine rings is 1. The van der Waals surface area contributed by atoms with Crippen molar-refractivity contribution in [1.82, 2.24) is 9.80 Å². The highest BCUT2D eigenvalue weighted by molar-refractivity contribution is 8.03. The van der Waals surface area contributed by atoms with Gasteiger partial charge in [-0.2, -0.15) is 0 Å². The first kappa shape index (κ1) is 17.6. The fraction of sp³-hybridized carbons (Fsp3) is 0.579. The average molecular weight is 348 g/mol. The van der Waals surface area contributed by atoms with Crippen LogP contribution in [0.3, 0.4) is 0 Å². The minimum absolute atomic E-state index is 0.303. The third-order valence-corrected chi connectivity index (χ3v) is 5.99. The van der Waals surface area contributed by atoms with Gasteiger partial charge in [0.05, 0.1) is 13.2 Å². The number of rotatable bonds is 6. The summed E-state index contributed by atoms with van der Waals surface area (Å²) in [6, 6.07) is 6.62. The maximum atomic E-state index is 5.42. The van der Waals surface area contributed by atoms with E-state index in [-0.39, 0.29) is 0 Å². The molecule has 1 aromatic rings. The van der Waals surface area contributed by atoms with Gasteiger partial charge in [-0.15, -0.1) is 0 Å². The molecule has 1 fully saturated rings. The fourth-order valence-electron chi connectivity index (χ4n) is 3.16. The van der Waals surface area contributed by atoms with Gasteiger partial charge in [0.2, 0.25) is 0 Å². The summed E-state index contributed by atoms with van der Waals surface area (Å²) in [5, 5.41) is 5.95. The van der Waals surface area contributed by atoms with Gasteiger partial charge in [0.25, 0.3) is 0 Å². The van der Waals surface area contributed by atoms with Crippen molar-refractivity contribution in [1.29, 1.82) is 0 Å². The zero-order chi connectivity index (χ0) is 16.9. The molecule has 2 aliphatic rings. The van der Waals surface area contributed by atoms with E-state index in [0.29, 0.717) is 5.50 Å². The van der Waals surface area contributed by atoms with Crippen molar-refractivity contribution in [3.05, 3.63) is 40.4 Å². The SMILES string of the molecule is CC1=CSC(Nc2ccc(C)c(C)c2)N1CCCN1CCOCC1. The molecular weight excluding hydrogens is 318 g/mol. The van der Waals surface area contributed by atoms with Crippen LogP contribution in [0.2, 0.25) is 0 Å². The number of hydrogen-bond donors (Lipinski definition) is 1. The Labute approximate surface area is 150 Å². The molecule has 0 amide bonds. The minimum atomic E-state index is 0.303. The van der Waals surface area contributed by atoms with E-state index in [1.807, 2.05) is 11.8 Å². The lowest BCUT2D eigenvalue weighted by Crippen LogP contribution is -2.39. The van der Waals surface area contributed by atoms with Crippen molar-refractivity contribution >= 4 is 17.4 Å². The number of benzene rings is 1. The molecule has 3 rings (SSSR count). The van der Waals surface area contributed by atoms with Crippen molar-refractivity contribution in [3.8, 4) is 0 Å². The number of nitrogens with one attached hydrogen (secondary N) is 1. The largest absolute Gasteiger partial charge is 0.379 e. The summed E-state index contributed by atoms with van der Waals surface area (Å²) in [5.41, 5.74) is 5.56. The number of aryl methyl sites for hydroxylation is 2. The molecule has 0 aliphatic carbocycles. The lowest BCUT2D eigenvalue weighted by molar-refractivity contribution is 0.0365. The van der Waals surface area contributed by atoms with Crippen LogP contribution >= 0.6 is 11.8 Å². The maximum absolute atomic E-state index is 5.42. The van der Waals surface area contributed by atoms with E-state index >= 15 is 0 Å². The van der Waals surface area contributed by atoms with Crippen LogP contribution < -0.4 is 5.32 Å². The topological polar surface area (TPSA) is 27.7 Å². The summed E-state index contributed by atoms with van der Waals surface area (Å²) < 4.78 is 5.42. The summed E-state index contributed by atoms with van der Waals surface area (Å²) in [6.07, 6.45) is 1.19. The molecule has 0 aromatic heterocycles. The summed E-state index contributed by atoms with van der Waals surface area (Å²) in [6.45, 7) is 12.7. The molecule has 2 heterocycles. The van der Waals surface area contributed by atoms with Crippen molar-refractivity contribution in [3.63, 3.8) is 0 Å². The molecule has 5 heteroatoms. The molecule has 4 nitrogen and oxygen atoms in total. The molecule has 1 saturated heterocycles. The Morgan fingerprint density at radius 3 is 2.67 bits per heavy atom. The van der Waals surface area contributed by atoms with E-state index in [0.717, 1.165) is 39.4 Å². The van der Waals surface area contributed by atoms with E-state index in [1.54, 1.807) is 0 Å². The molecule has 0 bridgehead atoms. The Kier molecular flexibility index (Phi) is 6.09. The number of allylic oxidation sites excluding steroid dienone is 1. The summed E-state index contributed by atoms with van der Waals surface area (Å²) in [5.74, 6) is 0. The van der Waals surface area contributed by atoms with Crippen LogP contribution in [0.4, 0.5) is 5.69 Å². The second-order valence-corrected chi connectivity index (χ2v) is 7.65. The molecule has 0 radical (unpaired) electrons. The fourth-order valence-corrected chi connectivity index (χ4v) is 4.24. The lowest BCUT2D eigenvalue weighted by Gasteiger charge is -2.31. The quantitative estimate of drug-likeness (QED) is 0.848. The number of thioether (sulfide) groups is 1. The molecule has 0 spiro atoms. The summed E-state index contributed by atoms with van der Waals surface area (Å²) >= 11 is 1.87. The van der Waals surface area contributed by atoms with Gasteiger partial charge in [-0.25, -0.2) is 0 Å². The predicted molar refractivity (Wildman–Crippen MR) is 103 cm³/mol. The van der Waals surface area contributed by atoms with Crippen LogP contribution in [0.1, 0.15) is 24.5 Å². The Bertz CT molecular complexity index is 584. The van der Waals surface area contributed by atoms with E-state index < -0.39 is 0 Å². The van der Waals surface area contributed by atoms with E-state index in [1.165, 1.54) is 28.9 Å². The zero-order valence-electron chi connectivity index (χ0n) is 15.0. The Balaban J connectivity index is 1.52. The first-order valence-electron chi connectivity index (χ1n) is 8.86. The number of nitrogens with zero attached hydrogens (tertiary/aromatic N) is 2. The molecule has 1 atom stereocenters. The van der Waals surface area contributed by atoms with Crippen LogP contribution in [-0.4, -0.2) is 54.7 Å². The van der Waals surface area contributed by atoms with Gasteiger partial charge in [-0.1, -0.05) is 17.8 Å². The highest BCUT2D eigenvalue weighted by Crippen LogP contribution is 2.32. The Morgan fingerprint density at radius 2 is 1.92 bits per heavy atom. The first-order valence-corrected chi connectivity index (χ1v) is 9.80. The number of anilines is 1. The molecule has 1 aromatic carbocycles. The molecule has 0 saturated carbocycles. The monoisotopic (exact) mass is 347 g/mol. The maximum Gasteiger partial charge on any atom is 0.152 e. The molecule has 24 heavy (non-hydrogen) atoms. The first-order chi connectivity index (χ1) is 11.6. The van der Waals surface area contributed by atoms with Gasteiger partial charge in [0.15, 0.2) is 5.50 Å². The average Bonchev–Trinajstić information content (AvgIpc) is 2.92. The highest BCUT2D eigenvalue weighted by Gasteiger charge is 2.24. The molecule has 2 aliphatic heterocycles. The number of ether oxygens (including phenoxy) is 1. The van der Waals surface area contributed by atoms with Gasteiger partial charge >= 0.3 is 0 Å². The van der Waals surface area contributed by atoms with Crippen molar-refractivity contribution in [2.24, 2.45) is 0 Å². The van der Waals surface area contributed by atoms with E-state index in [9.17, 15) is 0 Å². The number of hydrogen-bond acceptors (Lipinski definition) is 5. The van der Waals surface area contributed by atoms with Crippen LogP contribution in [0.5, 0.6) is 0 Å². The normalized spacial score (nSPS) is 21.9. The van der Waals surface area contributed by atoms with Gasteiger partial charge in [0.1, 0.15) is 0 Å². The Morgan fingerprint density at radius 1 is 1.12 bits per heavy atom. The third-order valence-electron chi connectivity index (χ3n) is 4.88. The predicted octanol–water partition coefficient (Wildman–Crippen LogP) is 3.63. The van der Waals surface area contributed by atoms with Gasteiger partial charge < -0.3 is 15.0 Å². The second-order valence-electron chi connectivity index (χ2n) is 6.69. The van der Waals surface area contributed by atoms with E-state index in [4.69, 9.17) is 4.74 Å². The van der Waals surface area contributed by atoms with Crippen molar-refractivity contribution in [2.75, 3.05) is 44.7 Å². The third kappa shape index (κ3) is 4.47. The Hall–Kier alpha value is -1.17. The van der Waals surface area contributed by atoms with Crippen molar-refractivity contribution < 1.29 is 4.74 Å². The van der Waals surface area contributed by atoms with Gasteiger partial charge in [0, 0.05) is 37.6 Å². The van der Waals surface area contributed by atoms with Crippen LogP contribution in [0.15, 0.2) is 29.3 Å². The van der Waals surface area contributed by atoms with Gasteiger partial charge in [-0.3, -0.25) is 4.90 Å². The lowest BCUT2D eigenvalue weighted by atomic mass is 10.1. The summed E-state index contributed by atoms with van der Waals surface area (Å²) in [7, 11) is 0. The molecule has 1 unspecified atom stereocenters. The second kappa shape index (κ2) is 8.28.